The predicted octanol–water partition coefficient (Wildman–Crippen LogP) is 4.14. The van der Waals surface area contributed by atoms with Crippen molar-refractivity contribution in [3.63, 3.8) is 0 Å². The van der Waals surface area contributed by atoms with E-state index in [0.29, 0.717) is 15.6 Å². The van der Waals surface area contributed by atoms with Gasteiger partial charge in [0.25, 0.3) is 0 Å². The molecule has 3 nitrogen and oxygen atoms in total. The number of carbonyl (C=O) groups is 1. The van der Waals surface area contributed by atoms with E-state index in [9.17, 15) is 13.4 Å². The molecule has 1 N–H and O–H groups in total. The van der Waals surface area contributed by atoms with Gasteiger partial charge in [-0.25, -0.2) is 9.18 Å². The molecular weight excluding hydrogens is 338 g/mol. The molecule has 1 unspecified atom stereocenters. The molecule has 7 heteroatoms. The summed E-state index contributed by atoms with van der Waals surface area (Å²) >= 11 is 12.0. The highest BCUT2D eigenvalue weighted by Crippen LogP contribution is 2.27. The molecule has 0 saturated carbocycles. The minimum atomic E-state index is -1.59. The van der Waals surface area contributed by atoms with Gasteiger partial charge >= 0.3 is 5.97 Å². The molecule has 0 radical (unpaired) electrons. The topological polar surface area (TPSA) is 54.4 Å². The van der Waals surface area contributed by atoms with Crippen molar-refractivity contribution in [3.05, 3.63) is 63.4 Å². The Morgan fingerprint density at radius 2 is 1.81 bits per heavy atom. The first-order valence-electron chi connectivity index (χ1n) is 5.74. The van der Waals surface area contributed by atoms with Crippen molar-refractivity contribution in [2.45, 2.75) is 10.6 Å². The summed E-state index contributed by atoms with van der Waals surface area (Å²) in [7, 11) is -1.59. The molecule has 0 bridgehead atoms. The number of carboxylic acid groups (broad SMARTS) is 1. The van der Waals surface area contributed by atoms with Crippen molar-refractivity contribution in [2.75, 3.05) is 0 Å². The second-order valence-electron chi connectivity index (χ2n) is 4.14. The van der Waals surface area contributed by atoms with Crippen molar-refractivity contribution in [1.82, 2.24) is 0 Å². The Kier molecular flexibility index (Phi) is 4.98. The second-order valence-corrected chi connectivity index (χ2v) is 6.40. The molecule has 2 aromatic carbocycles. The monoisotopic (exact) mass is 346 g/mol. The van der Waals surface area contributed by atoms with E-state index in [1.807, 2.05) is 0 Å². The van der Waals surface area contributed by atoms with Gasteiger partial charge in [0.05, 0.1) is 22.1 Å². The largest absolute Gasteiger partial charge is 0.478 e. The number of carboxylic acids is 1. The number of halogens is 3. The molecule has 1 atom stereocenters. The van der Waals surface area contributed by atoms with Crippen LogP contribution in [0.5, 0.6) is 0 Å². The van der Waals surface area contributed by atoms with Gasteiger partial charge in [-0.1, -0.05) is 29.3 Å². The highest BCUT2D eigenvalue weighted by Gasteiger charge is 2.16. The van der Waals surface area contributed by atoms with Crippen LogP contribution in [0, 0.1) is 5.82 Å². The van der Waals surface area contributed by atoms with Crippen LogP contribution in [0.4, 0.5) is 4.39 Å². The van der Waals surface area contributed by atoms with Crippen LogP contribution in [0.15, 0.2) is 41.3 Å². The third-order valence-electron chi connectivity index (χ3n) is 2.77. The van der Waals surface area contributed by atoms with Crippen LogP contribution in [0.25, 0.3) is 0 Å². The molecule has 21 heavy (non-hydrogen) atoms. The van der Waals surface area contributed by atoms with Gasteiger partial charge in [-0.05, 0) is 30.3 Å². The van der Waals surface area contributed by atoms with Crippen LogP contribution in [0.1, 0.15) is 15.9 Å². The molecule has 0 spiro atoms. The van der Waals surface area contributed by atoms with Crippen molar-refractivity contribution < 1.29 is 18.5 Å². The van der Waals surface area contributed by atoms with Gasteiger partial charge in [-0.2, -0.15) is 0 Å². The summed E-state index contributed by atoms with van der Waals surface area (Å²) in [6.07, 6.45) is 0. The zero-order valence-electron chi connectivity index (χ0n) is 10.5. The van der Waals surface area contributed by atoms with Crippen LogP contribution in [0.2, 0.25) is 10.0 Å². The molecule has 0 aliphatic carbocycles. The van der Waals surface area contributed by atoms with E-state index in [1.165, 1.54) is 6.07 Å². The summed E-state index contributed by atoms with van der Waals surface area (Å²) in [6.45, 7) is 0. The molecule has 0 amide bonds. The SMILES string of the molecule is O=C(O)c1cc(S(=O)Cc2c(Cl)cccc2Cl)ccc1F. The van der Waals surface area contributed by atoms with Crippen LogP contribution in [-0.2, 0) is 16.6 Å². The van der Waals surface area contributed by atoms with Crippen LogP contribution >= 0.6 is 23.2 Å². The highest BCUT2D eigenvalue weighted by atomic mass is 35.5. The summed E-state index contributed by atoms with van der Waals surface area (Å²) in [5, 5.41) is 9.61. The van der Waals surface area contributed by atoms with Crippen molar-refractivity contribution >= 4 is 40.0 Å². The fraction of sp³-hybridized carbons (Fsp3) is 0.0714. The van der Waals surface area contributed by atoms with Crippen molar-refractivity contribution in [3.8, 4) is 0 Å². The van der Waals surface area contributed by atoms with Gasteiger partial charge in [-0.3, -0.25) is 4.21 Å². The molecule has 0 saturated heterocycles. The van der Waals surface area contributed by atoms with Gasteiger partial charge in [0.2, 0.25) is 0 Å². The highest BCUT2D eigenvalue weighted by molar-refractivity contribution is 7.84. The van der Waals surface area contributed by atoms with Gasteiger partial charge in [0.15, 0.2) is 0 Å². The Labute approximate surface area is 132 Å². The Hall–Kier alpha value is -1.43. The van der Waals surface area contributed by atoms with Gasteiger partial charge in [0, 0.05) is 20.5 Å². The number of aromatic carboxylic acids is 1. The second kappa shape index (κ2) is 6.56. The first-order valence-corrected chi connectivity index (χ1v) is 7.81. The van der Waals surface area contributed by atoms with Gasteiger partial charge in [-0.15, -0.1) is 0 Å². The Bertz CT molecular complexity index is 714. The third kappa shape index (κ3) is 3.61. The predicted molar refractivity (Wildman–Crippen MR) is 79.9 cm³/mol. The molecular formula is C14H9Cl2FO3S. The Morgan fingerprint density at radius 3 is 2.38 bits per heavy atom. The van der Waals surface area contributed by atoms with E-state index in [-0.39, 0.29) is 10.6 Å². The lowest BCUT2D eigenvalue weighted by atomic mass is 10.2. The van der Waals surface area contributed by atoms with E-state index in [4.69, 9.17) is 28.3 Å². The first-order chi connectivity index (χ1) is 9.90. The number of rotatable bonds is 4. The fourth-order valence-electron chi connectivity index (χ4n) is 1.69. The quantitative estimate of drug-likeness (QED) is 0.904. The first kappa shape index (κ1) is 15.9. The summed E-state index contributed by atoms with van der Waals surface area (Å²) in [5.41, 5.74) is -0.0218. The molecule has 0 aliphatic heterocycles. The lowest BCUT2D eigenvalue weighted by Crippen LogP contribution is -2.04. The average molecular weight is 347 g/mol. The normalized spacial score (nSPS) is 12.1. The molecule has 0 fully saturated rings. The van der Waals surface area contributed by atoms with Crippen LogP contribution < -0.4 is 0 Å². The van der Waals surface area contributed by atoms with Crippen LogP contribution in [0.3, 0.4) is 0 Å². The summed E-state index contributed by atoms with van der Waals surface area (Å²) in [5.74, 6) is -2.27. The molecule has 2 aromatic rings. The minimum absolute atomic E-state index is 0.0171. The minimum Gasteiger partial charge on any atom is -0.478 e. The van der Waals surface area contributed by atoms with Crippen molar-refractivity contribution in [2.24, 2.45) is 0 Å². The number of hydrogen-bond acceptors (Lipinski definition) is 2. The van der Waals surface area contributed by atoms with Gasteiger partial charge in [0.1, 0.15) is 5.82 Å². The third-order valence-corrected chi connectivity index (χ3v) is 4.81. The van der Waals surface area contributed by atoms with Crippen molar-refractivity contribution in [1.29, 1.82) is 0 Å². The smallest absolute Gasteiger partial charge is 0.338 e. The van der Waals surface area contributed by atoms with E-state index in [2.05, 4.69) is 0 Å². The Morgan fingerprint density at radius 1 is 1.19 bits per heavy atom. The lowest BCUT2D eigenvalue weighted by Gasteiger charge is -2.08. The standard InChI is InChI=1S/C14H9Cl2FO3S/c15-11-2-1-3-12(16)10(11)7-21(20)8-4-5-13(17)9(6-8)14(18)19/h1-6H,7H2,(H,18,19). The summed E-state index contributed by atoms with van der Waals surface area (Å²) < 4.78 is 25.6. The summed E-state index contributed by atoms with van der Waals surface area (Å²) in [4.78, 5) is 11.1. The molecule has 0 aromatic heterocycles. The lowest BCUT2D eigenvalue weighted by molar-refractivity contribution is 0.0691. The maximum Gasteiger partial charge on any atom is 0.338 e. The number of hydrogen-bond donors (Lipinski definition) is 1. The molecule has 2 rings (SSSR count). The summed E-state index contributed by atoms with van der Waals surface area (Å²) in [6, 6.07) is 8.21. The maximum absolute atomic E-state index is 13.3. The van der Waals surface area contributed by atoms with E-state index in [1.54, 1.807) is 18.2 Å². The fourth-order valence-corrected chi connectivity index (χ4v) is 3.59. The van der Waals surface area contributed by atoms with E-state index >= 15 is 0 Å². The zero-order valence-corrected chi connectivity index (χ0v) is 12.8. The maximum atomic E-state index is 13.3. The molecule has 0 heterocycles. The molecule has 110 valence electrons. The van der Waals surface area contributed by atoms with Crippen LogP contribution in [-0.4, -0.2) is 15.3 Å². The van der Waals surface area contributed by atoms with E-state index in [0.717, 1.165) is 12.1 Å². The number of benzene rings is 2. The molecule has 0 aliphatic rings. The average Bonchev–Trinajstić information content (AvgIpc) is 2.43. The van der Waals surface area contributed by atoms with Gasteiger partial charge < -0.3 is 5.11 Å². The Balaban J connectivity index is 2.33. The zero-order chi connectivity index (χ0) is 15.6. The van der Waals surface area contributed by atoms with E-state index < -0.39 is 28.1 Å².